The van der Waals surface area contributed by atoms with E-state index in [0.29, 0.717) is 16.6 Å². The number of rotatable bonds is 5. The average molecular weight is 598 g/mol. The molecule has 0 spiro atoms. The van der Waals surface area contributed by atoms with Crippen molar-refractivity contribution in [1.29, 1.82) is 0 Å². The molecule has 0 aliphatic heterocycles. The maximum absolute atomic E-state index is 13.2. The summed E-state index contributed by atoms with van der Waals surface area (Å²) in [5.74, 6) is -2.15. The van der Waals surface area contributed by atoms with Crippen molar-refractivity contribution in [3.8, 4) is 0 Å². The average Bonchev–Trinajstić information content (AvgIpc) is 3.18. The lowest BCUT2D eigenvalue weighted by molar-refractivity contribution is -0.137. The predicted octanol–water partition coefficient (Wildman–Crippen LogP) is 5.67. The van der Waals surface area contributed by atoms with E-state index in [1.807, 2.05) is 55.5 Å². The van der Waals surface area contributed by atoms with Crippen molar-refractivity contribution >= 4 is 66.2 Å². The summed E-state index contributed by atoms with van der Waals surface area (Å²) >= 11 is 6.89. The van der Waals surface area contributed by atoms with Crippen LogP contribution in [0.2, 0.25) is 0 Å². The molecule has 35 heavy (non-hydrogen) atoms. The van der Waals surface area contributed by atoms with E-state index in [-0.39, 0.29) is 11.7 Å². The van der Waals surface area contributed by atoms with Crippen LogP contribution in [0.3, 0.4) is 0 Å². The molecular formula is C26H22Br2N4O3. The van der Waals surface area contributed by atoms with Crippen molar-refractivity contribution in [1.82, 2.24) is 9.99 Å². The molecule has 178 valence electrons. The number of fused-ring (bicyclic) bond motifs is 1. The Labute approximate surface area is 219 Å². The van der Waals surface area contributed by atoms with E-state index in [0.717, 1.165) is 20.1 Å². The van der Waals surface area contributed by atoms with Gasteiger partial charge in [0.25, 0.3) is 5.91 Å². The number of nitrogens with one attached hydrogen (secondary N) is 3. The zero-order valence-corrected chi connectivity index (χ0v) is 22.1. The van der Waals surface area contributed by atoms with Gasteiger partial charge in [-0.2, -0.15) is 0 Å². The molecule has 0 radical (unpaired) electrons. The lowest BCUT2D eigenvalue weighted by Gasteiger charge is -2.16. The maximum atomic E-state index is 13.2. The molecule has 7 nitrogen and oxygen atoms in total. The van der Waals surface area contributed by atoms with Crippen molar-refractivity contribution in [3.05, 3.63) is 98.6 Å². The van der Waals surface area contributed by atoms with E-state index in [1.54, 1.807) is 31.2 Å². The van der Waals surface area contributed by atoms with Gasteiger partial charge >= 0.3 is 11.8 Å². The lowest BCUT2D eigenvalue weighted by atomic mass is 10.1. The van der Waals surface area contributed by atoms with Crippen LogP contribution in [0.1, 0.15) is 34.6 Å². The second kappa shape index (κ2) is 10.5. The van der Waals surface area contributed by atoms with E-state index >= 15 is 0 Å². The van der Waals surface area contributed by atoms with Gasteiger partial charge in [0.1, 0.15) is 5.69 Å². The molecule has 3 N–H and O–H groups in total. The van der Waals surface area contributed by atoms with Gasteiger partial charge in [0.05, 0.1) is 17.2 Å². The third kappa shape index (κ3) is 5.63. The van der Waals surface area contributed by atoms with Gasteiger partial charge in [0.2, 0.25) is 0 Å². The van der Waals surface area contributed by atoms with Gasteiger partial charge in [0, 0.05) is 14.3 Å². The van der Waals surface area contributed by atoms with Crippen LogP contribution in [0, 0.1) is 6.92 Å². The summed E-state index contributed by atoms with van der Waals surface area (Å²) in [5, 5.41) is 6.26. The summed E-state index contributed by atoms with van der Waals surface area (Å²) in [5.41, 5.74) is 5.81. The molecule has 0 saturated carbocycles. The molecule has 1 aromatic heterocycles. The Morgan fingerprint density at radius 3 is 2.34 bits per heavy atom. The summed E-state index contributed by atoms with van der Waals surface area (Å²) in [4.78, 5) is 38.7. The number of carbonyl (C=O) groups is 3. The lowest BCUT2D eigenvalue weighted by Crippen LogP contribution is -2.40. The van der Waals surface area contributed by atoms with Crippen molar-refractivity contribution in [3.63, 3.8) is 0 Å². The molecule has 0 saturated heterocycles. The van der Waals surface area contributed by atoms with Crippen molar-refractivity contribution in [2.75, 3.05) is 10.7 Å². The number of aromatic nitrogens is 1. The van der Waals surface area contributed by atoms with Crippen LogP contribution in [0.5, 0.6) is 0 Å². The van der Waals surface area contributed by atoms with Gasteiger partial charge in [-0.05, 0) is 77.3 Å². The maximum Gasteiger partial charge on any atom is 0.328 e. The van der Waals surface area contributed by atoms with Crippen LogP contribution in [0.4, 0.5) is 5.69 Å². The first kappa shape index (κ1) is 24.7. The minimum absolute atomic E-state index is 0.169. The molecule has 0 fully saturated rings. The zero-order valence-electron chi connectivity index (χ0n) is 18.9. The van der Waals surface area contributed by atoms with Gasteiger partial charge in [-0.15, -0.1) is 0 Å². The van der Waals surface area contributed by atoms with Crippen LogP contribution in [0.15, 0.2) is 81.7 Å². The monoisotopic (exact) mass is 596 g/mol. The Kier molecular flexibility index (Phi) is 7.37. The zero-order chi connectivity index (χ0) is 25.1. The number of benzene rings is 3. The summed E-state index contributed by atoms with van der Waals surface area (Å²) in [7, 11) is 0. The van der Waals surface area contributed by atoms with E-state index in [4.69, 9.17) is 0 Å². The van der Waals surface area contributed by atoms with E-state index in [2.05, 4.69) is 47.9 Å². The number of aryl methyl sites for hydroxylation is 1. The second-order valence-electron chi connectivity index (χ2n) is 8.05. The van der Waals surface area contributed by atoms with Gasteiger partial charge in [0.15, 0.2) is 0 Å². The molecule has 0 unspecified atom stereocenters. The van der Waals surface area contributed by atoms with Crippen LogP contribution < -0.4 is 16.1 Å². The van der Waals surface area contributed by atoms with E-state index in [9.17, 15) is 14.4 Å². The highest BCUT2D eigenvalue weighted by atomic mass is 79.9. The number of nitrogens with zero attached hydrogens (tertiary/aromatic N) is 1. The Hall–Kier alpha value is -3.43. The van der Waals surface area contributed by atoms with Crippen LogP contribution in [0.25, 0.3) is 10.9 Å². The molecule has 4 rings (SSSR count). The van der Waals surface area contributed by atoms with Crippen molar-refractivity contribution < 1.29 is 14.4 Å². The molecular weight excluding hydrogens is 576 g/mol. The standard InChI is InChI=1S/C26H22Br2N4O3/c1-15-8-10-21(20(28)12-15)30-24(33)23-14-18-13-19(27)9-11-22(18)32(23)31-26(35)25(34)29-16(2)17-6-4-3-5-7-17/h3-14,16H,1-2H3,(H,29,34)(H,30,33)(H,31,35)/t16-/m0/s1. The van der Waals surface area contributed by atoms with Gasteiger partial charge in [-0.1, -0.05) is 52.3 Å². The summed E-state index contributed by atoms with van der Waals surface area (Å²) in [6, 6.07) is 21.6. The second-order valence-corrected chi connectivity index (χ2v) is 9.82. The third-order valence-corrected chi connectivity index (χ3v) is 6.59. The molecule has 3 aromatic carbocycles. The number of hydrogen-bond donors (Lipinski definition) is 3. The SMILES string of the molecule is Cc1ccc(NC(=O)c2cc3cc(Br)ccc3n2NC(=O)C(=O)N[C@@H](C)c2ccccc2)c(Br)c1. The van der Waals surface area contributed by atoms with Gasteiger partial charge < -0.3 is 10.6 Å². The Morgan fingerprint density at radius 2 is 1.63 bits per heavy atom. The van der Waals surface area contributed by atoms with Crippen LogP contribution in [-0.2, 0) is 9.59 Å². The van der Waals surface area contributed by atoms with E-state index in [1.165, 1.54) is 4.68 Å². The fourth-order valence-electron chi connectivity index (χ4n) is 3.62. The molecule has 0 aliphatic rings. The number of halogens is 2. The summed E-state index contributed by atoms with van der Waals surface area (Å²) in [6.45, 7) is 3.74. The smallest absolute Gasteiger partial charge is 0.328 e. The van der Waals surface area contributed by atoms with E-state index < -0.39 is 17.7 Å². The first-order chi connectivity index (χ1) is 16.7. The number of anilines is 1. The highest BCUT2D eigenvalue weighted by molar-refractivity contribution is 9.10. The first-order valence-electron chi connectivity index (χ1n) is 10.8. The molecule has 0 bridgehead atoms. The molecule has 4 aromatic rings. The minimum atomic E-state index is -0.890. The Morgan fingerprint density at radius 1 is 0.886 bits per heavy atom. The van der Waals surface area contributed by atoms with Gasteiger partial charge in [-0.3, -0.25) is 19.8 Å². The van der Waals surface area contributed by atoms with Crippen molar-refractivity contribution in [2.24, 2.45) is 0 Å². The number of hydrogen-bond acceptors (Lipinski definition) is 3. The minimum Gasteiger partial charge on any atom is -0.341 e. The van der Waals surface area contributed by atoms with Crippen LogP contribution >= 0.6 is 31.9 Å². The predicted molar refractivity (Wildman–Crippen MR) is 144 cm³/mol. The normalized spacial score (nSPS) is 11.7. The number of amides is 3. The fourth-order valence-corrected chi connectivity index (χ4v) is 4.59. The summed E-state index contributed by atoms with van der Waals surface area (Å²) in [6.07, 6.45) is 0. The van der Waals surface area contributed by atoms with Crippen molar-refractivity contribution in [2.45, 2.75) is 19.9 Å². The molecule has 0 aliphatic carbocycles. The van der Waals surface area contributed by atoms with Crippen LogP contribution in [-0.4, -0.2) is 22.4 Å². The molecule has 3 amide bonds. The topological polar surface area (TPSA) is 92.2 Å². The molecule has 1 heterocycles. The summed E-state index contributed by atoms with van der Waals surface area (Å²) < 4.78 is 2.87. The highest BCUT2D eigenvalue weighted by Gasteiger charge is 2.22. The molecule has 9 heteroatoms. The van der Waals surface area contributed by atoms with Gasteiger partial charge in [-0.25, -0.2) is 4.68 Å². The Balaban J connectivity index is 1.60. The Bertz CT molecular complexity index is 1430. The highest BCUT2D eigenvalue weighted by Crippen LogP contribution is 2.26. The first-order valence-corrected chi connectivity index (χ1v) is 12.4. The fraction of sp³-hybridized carbons (Fsp3) is 0.115. The molecule has 1 atom stereocenters. The third-order valence-electron chi connectivity index (χ3n) is 5.44. The largest absolute Gasteiger partial charge is 0.341 e. The number of carbonyl (C=O) groups excluding carboxylic acids is 3. The quantitative estimate of drug-likeness (QED) is 0.259.